The van der Waals surface area contributed by atoms with Gasteiger partial charge in [0.1, 0.15) is 12.4 Å². The molecule has 28 heavy (non-hydrogen) atoms. The van der Waals surface area contributed by atoms with Crippen LogP contribution in [0.3, 0.4) is 0 Å². The van der Waals surface area contributed by atoms with Crippen LogP contribution in [0.4, 0.5) is 4.39 Å². The molecular weight excluding hydrogens is 385 g/mol. The normalized spacial score (nSPS) is 20.7. The van der Waals surface area contributed by atoms with E-state index in [1.807, 2.05) is 13.8 Å². The summed E-state index contributed by atoms with van der Waals surface area (Å²) in [6.07, 6.45) is -0.363. The van der Waals surface area contributed by atoms with Gasteiger partial charge in [0.05, 0.1) is 22.7 Å². The Bertz CT molecular complexity index is 918. The fourth-order valence-corrected chi connectivity index (χ4v) is 4.64. The minimum absolute atomic E-state index is 0.00270. The van der Waals surface area contributed by atoms with E-state index in [2.05, 4.69) is 0 Å². The van der Waals surface area contributed by atoms with E-state index in [1.165, 1.54) is 52.8 Å². The highest BCUT2D eigenvalue weighted by Crippen LogP contribution is 2.21. The first-order chi connectivity index (χ1) is 13.3. The van der Waals surface area contributed by atoms with E-state index in [0.717, 1.165) is 0 Å². The number of benzene rings is 2. The SMILES string of the molecule is C[C@@H]1CN(S(=O)(=O)c2ccc(C(=O)OCc3ccc(F)cc3)cc2)C[C@H](C)O1. The minimum Gasteiger partial charge on any atom is -0.457 e. The van der Waals surface area contributed by atoms with Crippen molar-refractivity contribution in [2.24, 2.45) is 0 Å². The molecule has 0 unspecified atom stereocenters. The highest BCUT2D eigenvalue weighted by Gasteiger charge is 2.32. The Morgan fingerprint density at radius 2 is 1.64 bits per heavy atom. The molecule has 1 aliphatic rings. The number of nitrogens with zero attached hydrogens (tertiary/aromatic N) is 1. The van der Waals surface area contributed by atoms with E-state index in [4.69, 9.17) is 9.47 Å². The number of rotatable bonds is 5. The quantitative estimate of drug-likeness (QED) is 0.713. The molecule has 0 aliphatic carbocycles. The van der Waals surface area contributed by atoms with Gasteiger partial charge in [-0.25, -0.2) is 17.6 Å². The summed E-state index contributed by atoms with van der Waals surface area (Å²) in [6.45, 7) is 4.24. The third kappa shape index (κ3) is 4.76. The highest BCUT2D eigenvalue weighted by atomic mass is 32.2. The zero-order valence-corrected chi connectivity index (χ0v) is 16.5. The van der Waals surface area contributed by atoms with Crippen molar-refractivity contribution >= 4 is 16.0 Å². The van der Waals surface area contributed by atoms with Gasteiger partial charge in [0.15, 0.2) is 0 Å². The largest absolute Gasteiger partial charge is 0.457 e. The summed E-state index contributed by atoms with van der Waals surface area (Å²) in [4.78, 5) is 12.3. The Labute approximate surface area is 163 Å². The Morgan fingerprint density at radius 3 is 2.21 bits per heavy atom. The standard InChI is InChI=1S/C20H22FNO5S/c1-14-11-22(12-15(2)27-14)28(24,25)19-9-5-17(6-10-19)20(23)26-13-16-3-7-18(21)8-4-16/h3-10,14-15H,11-13H2,1-2H3/t14-,15+. The summed E-state index contributed by atoms with van der Waals surface area (Å²) >= 11 is 0. The summed E-state index contributed by atoms with van der Waals surface area (Å²) in [5.74, 6) is -0.946. The van der Waals surface area contributed by atoms with E-state index >= 15 is 0 Å². The second kappa shape index (κ2) is 8.38. The van der Waals surface area contributed by atoms with Gasteiger partial charge < -0.3 is 9.47 Å². The van der Waals surface area contributed by atoms with Crippen molar-refractivity contribution in [1.29, 1.82) is 0 Å². The monoisotopic (exact) mass is 407 g/mol. The van der Waals surface area contributed by atoms with Crippen LogP contribution < -0.4 is 0 Å². The molecule has 0 N–H and O–H groups in total. The molecule has 0 aromatic heterocycles. The molecule has 1 heterocycles. The van der Waals surface area contributed by atoms with Crippen LogP contribution in [0.2, 0.25) is 0 Å². The summed E-state index contributed by atoms with van der Waals surface area (Å²) in [7, 11) is -3.66. The first-order valence-electron chi connectivity index (χ1n) is 8.93. The third-order valence-corrected chi connectivity index (χ3v) is 6.24. The van der Waals surface area contributed by atoms with Gasteiger partial charge >= 0.3 is 5.97 Å². The van der Waals surface area contributed by atoms with Gasteiger partial charge in [0.2, 0.25) is 10.0 Å². The Morgan fingerprint density at radius 1 is 1.07 bits per heavy atom. The summed E-state index contributed by atoms with van der Waals surface area (Å²) in [5.41, 5.74) is 0.897. The van der Waals surface area contributed by atoms with E-state index in [-0.39, 0.29) is 48.2 Å². The molecule has 1 aliphatic heterocycles. The van der Waals surface area contributed by atoms with E-state index in [1.54, 1.807) is 0 Å². The van der Waals surface area contributed by atoms with Gasteiger partial charge in [-0.3, -0.25) is 0 Å². The Hall–Kier alpha value is -2.29. The van der Waals surface area contributed by atoms with Crippen LogP contribution in [0.15, 0.2) is 53.4 Å². The molecule has 0 amide bonds. The lowest BCUT2D eigenvalue weighted by Gasteiger charge is -2.34. The van der Waals surface area contributed by atoms with Crippen LogP contribution in [0, 0.1) is 5.82 Å². The molecule has 1 fully saturated rings. The van der Waals surface area contributed by atoms with Gasteiger partial charge in [-0.05, 0) is 55.8 Å². The molecule has 0 saturated carbocycles. The van der Waals surface area contributed by atoms with Crippen LogP contribution in [0.5, 0.6) is 0 Å². The Kier molecular flexibility index (Phi) is 6.12. The fourth-order valence-electron chi connectivity index (χ4n) is 3.05. The predicted molar refractivity (Wildman–Crippen MR) is 101 cm³/mol. The van der Waals surface area contributed by atoms with Crippen LogP contribution in [0.25, 0.3) is 0 Å². The first-order valence-corrected chi connectivity index (χ1v) is 10.4. The second-order valence-electron chi connectivity index (χ2n) is 6.81. The van der Waals surface area contributed by atoms with Crippen molar-refractivity contribution in [2.75, 3.05) is 13.1 Å². The number of hydrogen-bond acceptors (Lipinski definition) is 5. The van der Waals surface area contributed by atoms with Crippen molar-refractivity contribution in [3.05, 3.63) is 65.5 Å². The van der Waals surface area contributed by atoms with Gasteiger partial charge in [0, 0.05) is 13.1 Å². The average Bonchev–Trinajstić information content (AvgIpc) is 2.66. The molecular formula is C20H22FNO5S. The molecule has 150 valence electrons. The zero-order valence-electron chi connectivity index (χ0n) is 15.7. The highest BCUT2D eigenvalue weighted by molar-refractivity contribution is 7.89. The molecule has 8 heteroatoms. The van der Waals surface area contributed by atoms with Crippen molar-refractivity contribution in [2.45, 2.75) is 37.6 Å². The number of esters is 1. The lowest BCUT2D eigenvalue weighted by Crippen LogP contribution is -2.48. The van der Waals surface area contributed by atoms with Crippen LogP contribution in [0.1, 0.15) is 29.8 Å². The van der Waals surface area contributed by atoms with Gasteiger partial charge in [-0.2, -0.15) is 4.31 Å². The third-order valence-electron chi connectivity index (χ3n) is 4.40. The lowest BCUT2D eigenvalue weighted by atomic mass is 10.2. The molecule has 1 saturated heterocycles. The molecule has 0 bridgehead atoms. The smallest absolute Gasteiger partial charge is 0.338 e. The summed E-state index contributed by atoms with van der Waals surface area (Å²) in [6, 6.07) is 11.3. The van der Waals surface area contributed by atoms with Crippen LogP contribution in [-0.4, -0.2) is 44.0 Å². The molecule has 3 rings (SSSR count). The average molecular weight is 407 g/mol. The maximum Gasteiger partial charge on any atom is 0.338 e. The first kappa shape index (κ1) is 20.4. The number of halogens is 1. The van der Waals surface area contributed by atoms with E-state index in [9.17, 15) is 17.6 Å². The number of ether oxygens (including phenoxy) is 2. The number of sulfonamides is 1. The molecule has 6 nitrogen and oxygen atoms in total. The van der Waals surface area contributed by atoms with Crippen molar-refractivity contribution in [1.82, 2.24) is 4.31 Å². The fraction of sp³-hybridized carbons (Fsp3) is 0.350. The maximum atomic E-state index is 12.9. The number of carbonyl (C=O) groups is 1. The van der Waals surface area contributed by atoms with Crippen LogP contribution >= 0.6 is 0 Å². The van der Waals surface area contributed by atoms with Crippen molar-refractivity contribution in [3.63, 3.8) is 0 Å². The molecule has 2 atom stereocenters. The van der Waals surface area contributed by atoms with Gasteiger partial charge in [0.25, 0.3) is 0 Å². The van der Waals surface area contributed by atoms with E-state index in [0.29, 0.717) is 5.56 Å². The van der Waals surface area contributed by atoms with E-state index < -0.39 is 16.0 Å². The van der Waals surface area contributed by atoms with Crippen molar-refractivity contribution < 1.29 is 27.1 Å². The van der Waals surface area contributed by atoms with Gasteiger partial charge in [-0.1, -0.05) is 12.1 Å². The second-order valence-corrected chi connectivity index (χ2v) is 8.74. The lowest BCUT2D eigenvalue weighted by molar-refractivity contribution is -0.0440. The maximum absolute atomic E-state index is 12.9. The molecule has 0 spiro atoms. The minimum atomic E-state index is -3.66. The zero-order chi connectivity index (χ0) is 20.3. The number of carbonyl (C=O) groups excluding carboxylic acids is 1. The summed E-state index contributed by atoms with van der Waals surface area (Å²) < 4.78 is 50.7. The topological polar surface area (TPSA) is 72.9 Å². The van der Waals surface area contributed by atoms with Crippen molar-refractivity contribution in [3.8, 4) is 0 Å². The predicted octanol–water partition coefficient (Wildman–Crippen LogP) is 2.98. The summed E-state index contributed by atoms with van der Waals surface area (Å²) in [5, 5.41) is 0. The molecule has 2 aromatic carbocycles. The Balaban J connectivity index is 1.66. The molecule has 0 radical (unpaired) electrons. The number of morpholine rings is 1. The molecule has 2 aromatic rings. The van der Waals surface area contributed by atoms with Gasteiger partial charge in [-0.15, -0.1) is 0 Å². The van der Waals surface area contributed by atoms with Crippen LogP contribution in [-0.2, 0) is 26.1 Å². The number of hydrogen-bond donors (Lipinski definition) is 0.